The molecule has 0 spiro atoms. The third-order valence-electron chi connectivity index (χ3n) is 3.41. The molecule has 0 saturated heterocycles. The van der Waals surface area contributed by atoms with E-state index in [0.29, 0.717) is 6.04 Å². The van der Waals surface area contributed by atoms with E-state index in [9.17, 15) is 0 Å². The molecule has 1 fully saturated rings. The Bertz CT molecular complexity index is 362. The number of hydrogen-bond donors (Lipinski definition) is 1. The van der Waals surface area contributed by atoms with Crippen LogP contribution in [0.4, 0.5) is 5.69 Å². The lowest BCUT2D eigenvalue weighted by atomic mass is 10.1. The van der Waals surface area contributed by atoms with Crippen molar-refractivity contribution in [2.75, 3.05) is 12.4 Å². The lowest BCUT2D eigenvalue weighted by molar-refractivity contribution is 0.415. The molecule has 1 aromatic rings. The summed E-state index contributed by atoms with van der Waals surface area (Å²) in [7, 11) is 1.73. The SMILES string of the molecule is COc1ccc(C)cc1NC1CCC(C)C1. The molecule has 0 aliphatic heterocycles. The van der Waals surface area contributed by atoms with Crippen molar-refractivity contribution in [3.63, 3.8) is 0 Å². The second kappa shape index (κ2) is 4.77. The van der Waals surface area contributed by atoms with Crippen molar-refractivity contribution >= 4 is 5.69 Å². The van der Waals surface area contributed by atoms with E-state index in [4.69, 9.17) is 4.74 Å². The summed E-state index contributed by atoms with van der Waals surface area (Å²) in [5.74, 6) is 1.80. The predicted molar refractivity (Wildman–Crippen MR) is 68.2 cm³/mol. The number of rotatable bonds is 3. The summed E-state index contributed by atoms with van der Waals surface area (Å²) in [4.78, 5) is 0. The molecule has 0 radical (unpaired) electrons. The van der Waals surface area contributed by atoms with Crippen LogP contribution in [0.2, 0.25) is 0 Å². The average molecular weight is 219 g/mol. The fourth-order valence-electron chi connectivity index (χ4n) is 2.49. The summed E-state index contributed by atoms with van der Waals surface area (Å²) < 4.78 is 5.37. The quantitative estimate of drug-likeness (QED) is 0.838. The lowest BCUT2D eigenvalue weighted by Gasteiger charge is -2.17. The number of nitrogens with one attached hydrogen (secondary N) is 1. The Kier molecular flexibility index (Phi) is 3.37. The smallest absolute Gasteiger partial charge is 0.141 e. The van der Waals surface area contributed by atoms with Crippen LogP contribution in [0.15, 0.2) is 18.2 Å². The first-order valence-corrected chi connectivity index (χ1v) is 6.10. The van der Waals surface area contributed by atoms with Gasteiger partial charge in [0, 0.05) is 6.04 Å². The molecule has 2 rings (SSSR count). The molecule has 16 heavy (non-hydrogen) atoms. The highest BCUT2D eigenvalue weighted by molar-refractivity contribution is 5.58. The Hall–Kier alpha value is -1.18. The van der Waals surface area contributed by atoms with E-state index in [-0.39, 0.29) is 0 Å². The second-order valence-electron chi connectivity index (χ2n) is 4.96. The van der Waals surface area contributed by atoms with Gasteiger partial charge in [0.2, 0.25) is 0 Å². The summed E-state index contributed by atoms with van der Waals surface area (Å²) in [6.07, 6.45) is 3.89. The van der Waals surface area contributed by atoms with Crippen molar-refractivity contribution in [1.29, 1.82) is 0 Å². The zero-order valence-corrected chi connectivity index (χ0v) is 10.4. The van der Waals surface area contributed by atoms with Gasteiger partial charge in [0.05, 0.1) is 12.8 Å². The van der Waals surface area contributed by atoms with E-state index >= 15 is 0 Å². The van der Waals surface area contributed by atoms with Gasteiger partial charge in [-0.05, 0) is 49.8 Å². The van der Waals surface area contributed by atoms with Crippen molar-refractivity contribution in [3.05, 3.63) is 23.8 Å². The molecule has 2 nitrogen and oxygen atoms in total. The molecule has 0 bridgehead atoms. The van der Waals surface area contributed by atoms with E-state index in [0.717, 1.165) is 17.4 Å². The maximum atomic E-state index is 5.37. The van der Waals surface area contributed by atoms with Gasteiger partial charge in [-0.3, -0.25) is 0 Å². The molecule has 0 amide bonds. The van der Waals surface area contributed by atoms with Crippen LogP contribution in [-0.2, 0) is 0 Å². The standard InChI is InChI=1S/C14H21NO/c1-10-4-6-12(8-10)15-13-9-11(2)5-7-14(13)16-3/h5,7,9-10,12,15H,4,6,8H2,1-3H3. The minimum absolute atomic E-state index is 0.616. The van der Waals surface area contributed by atoms with Gasteiger partial charge in [-0.15, -0.1) is 0 Å². The van der Waals surface area contributed by atoms with Gasteiger partial charge in [0.25, 0.3) is 0 Å². The molecule has 1 aromatic carbocycles. The maximum Gasteiger partial charge on any atom is 0.141 e. The molecule has 0 heterocycles. The van der Waals surface area contributed by atoms with Crippen molar-refractivity contribution in [1.82, 2.24) is 0 Å². The van der Waals surface area contributed by atoms with Crippen LogP contribution in [0, 0.1) is 12.8 Å². The normalized spacial score (nSPS) is 24.4. The monoisotopic (exact) mass is 219 g/mol. The van der Waals surface area contributed by atoms with Crippen LogP contribution < -0.4 is 10.1 Å². The van der Waals surface area contributed by atoms with Gasteiger partial charge in [-0.25, -0.2) is 0 Å². The number of benzene rings is 1. The summed E-state index contributed by atoms with van der Waals surface area (Å²) in [5.41, 5.74) is 2.41. The highest BCUT2D eigenvalue weighted by Gasteiger charge is 2.21. The van der Waals surface area contributed by atoms with Crippen LogP contribution in [0.25, 0.3) is 0 Å². The summed E-state index contributed by atoms with van der Waals surface area (Å²) in [5, 5.41) is 3.61. The minimum Gasteiger partial charge on any atom is -0.495 e. The van der Waals surface area contributed by atoms with Crippen LogP contribution in [0.5, 0.6) is 5.75 Å². The van der Waals surface area contributed by atoms with E-state index in [2.05, 4.69) is 31.3 Å². The maximum absolute atomic E-state index is 5.37. The van der Waals surface area contributed by atoms with E-state index in [1.807, 2.05) is 6.07 Å². The van der Waals surface area contributed by atoms with Gasteiger partial charge < -0.3 is 10.1 Å². The molecule has 2 atom stereocenters. The highest BCUT2D eigenvalue weighted by Crippen LogP contribution is 2.31. The Morgan fingerprint density at radius 1 is 1.31 bits per heavy atom. The number of hydrogen-bond acceptors (Lipinski definition) is 2. The Balaban J connectivity index is 2.10. The largest absolute Gasteiger partial charge is 0.495 e. The molecule has 1 aliphatic rings. The van der Waals surface area contributed by atoms with Gasteiger partial charge in [-0.1, -0.05) is 13.0 Å². The molecule has 2 unspecified atom stereocenters. The number of ether oxygens (including phenoxy) is 1. The highest BCUT2D eigenvalue weighted by atomic mass is 16.5. The zero-order valence-electron chi connectivity index (χ0n) is 10.4. The van der Waals surface area contributed by atoms with Crippen molar-refractivity contribution < 1.29 is 4.74 Å². The molecular formula is C14H21NO. The first kappa shape index (κ1) is 11.3. The third-order valence-corrected chi connectivity index (χ3v) is 3.41. The van der Waals surface area contributed by atoms with E-state index in [1.54, 1.807) is 7.11 Å². The van der Waals surface area contributed by atoms with Gasteiger partial charge in [-0.2, -0.15) is 0 Å². The molecule has 2 heteroatoms. The van der Waals surface area contributed by atoms with Gasteiger partial charge in [0.1, 0.15) is 5.75 Å². The Labute approximate surface area is 98.0 Å². The van der Waals surface area contributed by atoms with Crippen molar-refractivity contribution in [2.24, 2.45) is 5.92 Å². The topological polar surface area (TPSA) is 21.3 Å². The van der Waals surface area contributed by atoms with Crippen LogP contribution >= 0.6 is 0 Å². The van der Waals surface area contributed by atoms with Crippen LogP contribution in [-0.4, -0.2) is 13.2 Å². The summed E-state index contributed by atoms with van der Waals surface area (Å²) >= 11 is 0. The first-order valence-electron chi connectivity index (χ1n) is 6.10. The summed E-state index contributed by atoms with van der Waals surface area (Å²) in [6, 6.07) is 6.91. The first-order chi connectivity index (χ1) is 7.69. The molecule has 1 saturated carbocycles. The van der Waals surface area contributed by atoms with Crippen LogP contribution in [0.1, 0.15) is 31.7 Å². The Morgan fingerprint density at radius 3 is 2.75 bits per heavy atom. The fraction of sp³-hybridized carbons (Fsp3) is 0.571. The number of methoxy groups -OCH3 is 1. The molecule has 1 N–H and O–H groups in total. The van der Waals surface area contributed by atoms with E-state index < -0.39 is 0 Å². The van der Waals surface area contributed by atoms with Crippen molar-refractivity contribution in [2.45, 2.75) is 39.2 Å². The second-order valence-corrected chi connectivity index (χ2v) is 4.96. The third kappa shape index (κ3) is 2.49. The average Bonchev–Trinajstić information content (AvgIpc) is 2.64. The molecular weight excluding hydrogens is 198 g/mol. The summed E-state index contributed by atoms with van der Waals surface area (Å²) in [6.45, 7) is 4.44. The fourth-order valence-corrected chi connectivity index (χ4v) is 2.49. The predicted octanol–water partition coefficient (Wildman–Crippen LogP) is 3.60. The lowest BCUT2D eigenvalue weighted by Crippen LogP contribution is -2.15. The molecule has 1 aliphatic carbocycles. The molecule has 88 valence electrons. The van der Waals surface area contributed by atoms with E-state index in [1.165, 1.54) is 24.8 Å². The minimum atomic E-state index is 0.616. The number of anilines is 1. The number of aryl methyl sites for hydroxylation is 1. The van der Waals surface area contributed by atoms with Crippen molar-refractivity contribution in [3.8, 4) is 5.75 Å². The van der Waals surface area contributed by atoms with Gasteiger partial charge >= 0.3 is 0 Å². The van der Waals surface area contributed by atoms with Gasteiger partial charge in [0.15, 0.2) is 0 Å². The Morgan fingerprint density at radius 2 is 2.12 bits per heavy atom. The van der Waals surface area contributed by atoms with Crippen LogP contribution in [0.3, 0.4) is 0 Å². The zero-order chi connectivity index (χ0) is 11.5. The molecule has 0 aromatic heterocycles.